The van der Waals surface area contributed by atoms with E-state index in [2.05, 4.69) is 31.7 Å². The van der Waals surface area contributed by atoms with E-state index in [1.165, 1.54) is 12.7 Å². The Bertz CT molecular complexity index is 578. The number of fused-ring (bicyclic) bond motifs is 1. The number of esters is 1. The SMILES string of the molecule is COC(=O)[C@@H](C)N1c2ccc(Cl)cc2C(C)=CC1(C)C. The lowest BCUT2D eigenvalue weighted by Crippen LogP contribution is -2.53. The van der Waals surface area contributed by atoms with Gasteiger partial charge in [-0.3, -0.25) is 0 Å². The van der Waals surface area contributed by atoms with Crippen molar-refractivity contribution in [2.24, 2.45) is 0 Å². The molecule has 1 aliphatic rings. The Morgan fingerprint density at radius 2 is 2.05 bits per heavy atom. The summed E-state index contributed by atoms with van der Waals surface area (Å²) in [6.45, 7) is 8.11. The minimum Gasteiger partial charge on any atom is -0.467 e. The van der Waals surface area contributed by atoms with Gasteiger partial charge in [-0.15, -0.1) is 0 Å². The van der Waals surface area contributed by atoms with Crippen LogP contribution in [0.5, 0.6) is 0 Å². The predicted octanol–water partition coefficient (Wildman–Crippen LogP) is 3.90. The fraction of sp³-hybridized carbons (Fsp3) is 0.438. The molecule has 0 radical (unpaired) electrons. The lowest BCUT2D eigenvalue weighted by Gasteiger charge is -2.45. The van der Waals surface area contributed by atoms with Crippen molar-refractivity contribution in [2.45, 2.75) is 39.3 Å². The maximum absolute atomic E-state index is 11.9. The molecule has 0 spiro atoms. The molecule has 1 heterocycles. The average molecular weight is 294 g/mol. The molecular weight excluding hydrogens is 274 g/mol. The summed E-state index contributed by atoms with van der Waals surface area (Å²) in [5.41, 5.74) is 2.98. The van der Waals surface area contributed by atoms with Crippen LogP contribution in [0.15, 0.2) is 24.3 Å². The number of anilines is 1. The summed E-state index contributed by atoms with van der Waals surface area (Å²) in [5.74, 6) is -0.244. The average Bonchev–Trinajstić information content (AvgIpc) is 2.37. The van der Waals surface area contributed by atoms with E-state index >= 15 is 0 Å². The van der Waals surface area contributed by atoms with Crippen molar-refractivity contribution >= 4 is 28.8 Å². The number of carbonyl (C=O) groups is 1. The van der Waals surface area contributed by atoms with Gasteiger partial charge in [-0.05, 0) is 51.5 Å². The summed E-state index contributed by atoms with van der Waals surface area (Å²) in [6, 6.07) is 5.40. The molecule has 1 aromatic rings. The van der Waals surface area contributed by atoms with E-state index in [1.807, 2.05) is 25.1 Å². The van der Waals surface area contributed by atoms with Crippen molar-refractivity contribution in [3.63, 3.8) is 0 Å². The Morgan fingerprint density at radius 1 is 1.40 bits per heavy atom. The van der Waals surface area contributed by atoms with Gasteiger partial charge in [0.25, 0.3) is 0 Å². The van der Waals surface area contributed by atoms with E-state index in [4.69, 9.17) is 16.3 Å². The van der Waals surface area contributed by atoms with Crippen molar-refractivity contribution in [2.75, 3.05) is 12.0 Å². The Labute approximate surface area is 125 Å². The maximum atomic E-state index is 11.9. The number of rotatable bonds is 2. The largest absolute Gasteiger partial charge is 0.467 e. The summed E-state index contributed by atoms with van der Waals surface area (Å²) >= 11 is 6.09. The molecule has 0 N–H and O–H groups in total. The normalized spacial score (nSPS) is 18.1. The number of hydrogen-bond donors (Lipinski definition) is 0. The third-order valence-corrected chi connectivity index (χ3v) is 4.00. The highest BCUT2D eigenvalue weighted by Gasteiger charge is 2.37. The summed E-state index contributed by atoms with van der Waals surface area (Å²) < 4.78 is 4.90. The molecular formula is C16H20ClNO2. The zero-order valence-corrected chi connectivity index (χ0v) is 13.3. The second-order valence-corrected chi connectivity index (χ2v) is 6.15. The highest BCUT2D eigenvalue weighted by molar-refractivity contribution is 6.30. The second-order valence-electron chi connectivity index (χ2n) is 5.71. The highest BCUT2D eigenvalue weighted by Crippen LogP contribution is 2.41. The first kappa shape index (κ1) is 14.9. The first-order chi connectivity index (χ1) is 9.27. The molecule has 0 bridgehead atoms. The molecule has 20 heavy (non-hydrogen) atoms. The summed E-state index contributed by atoms with van der Waals surface area (Å²) in [5, 5.41) is 0.696. The van der Waals surface area contributed by atoms with Gasteiger partial charge in [-0.2, -0.15) is 0 Å². The Hall–Kier alpha value is -1.48. The number of halogens is 1. The Kier molecular flexibility index (Phi) is 3.83. The van der Waals surface area contributed by atoms with Crippen LogP contribution in [-0.4, -0.2) is 24.7 Å². The fourth-order valence-corrected chi connectivity index (χ4v) is 3.18. The van der Waals surface area contributed by atoms with Gasteiger partial charge >= 0.3 is 5.97 Å². The first-order valence-electron chi connectivity index (χ1n) is 6.64. The number of carbonyl (C=O) groups excluding carboxylic acids is 1. The van der Waals surface area contributed by atoms with Gasteiger partial charge in [0.2, 0.25) is 0 Å². The number of hydrogen-bond acceptors (Lipinski definition) is 3. The van der Waals surface area contributed by atoms with Crippen LogP contribution in [-0.2, 0) is 9.53 Å². The lowest BCUT2D eigenvalue weighted by molar-refractivity contribution is -0.142. The maximum Gasteiger partial charge on any atom is 0.328 e. The summed E-state index contributed by atoms with van der Waals surface area (Å²) in [4.78, 5) is 14.0. The molecule has 0 saturated carbocycles. The monoisotopic (exact) mass is 293 g/mol. The molecule has 4 heteroatoms. The minimum atomic E-state index is -0.362. The molecule has 0 unspecified atom stereocenters. The number of nitrogens with zero attached hydrogens (tertiary/aromatic N) is 1. The summed E-state index contributed by atoms with van der Waals surface area (Å²) in [6.07, 6.45) is 2.16. The Morgan fingerprint density at radius 3 is 2.65 bits per heavy atom. The number of ether oxygens (including phenoxy) is 1. The second kappa shape index (κ2) is 5.13. The lowest BCUT2D eigenvalue weighted by atomic mass is 9.87. The van der Waals surface area contributed by atoms with Gasteiger partial charge in [-0.25, -0.2) is 4.79 Å². The standard InChI is InChI=1S/C16H20ClNO2/c1-10-9-16(3,4)18(11(2)15(19)20-5)14-7-6-12(17)8-13(10)14/h6-9,11H,1-5H3/t11-/m1/s1. The fourth-order valence-electron chi connectivity index (χ4n) is 3.01. The van der Waals surface area contributed by atoms with E-state index in [-0.39, 0.29) is 17.6 Å². The molecule has 3 nitrogen and oxygen atoms in total. The van der Waals surface area contributed by atoms with Crippen LogP contribution in [0.3, 0.4) is 0 Å². The molecule has 1 atom stereocenters. The number of allylic oxidation sites excluding steroid dienone is 1. The highest BCUT2D eigenvalue weighted by atomic mass is 35.5. The zero-order chi connectivity index (χ0) is 15.1. The molecule has 2 rings (SSSR count). The smallest absolute Gasteiger partial charge is 0.328 e. The van der Waals surface area contributed by atoms with Crippen LogP contribution in [0.4, 0.5) is 5.69 Å². The zero-order valence-electron chi connectivity index (χ0n) is 12.5. The molecule has 1 aliphatic heterocycles. The molecule has 108 valence electrons. The van der Waals surface area contributed by atoms with Gasteiger partial charge in [0.1, 0.15) is 6.04 Å². The van der Waals surface area contributed by atoms with Crippen molar-refractivity contribution in [3.05, 3.63) is 34.9 Å². The first-order valence-corrected chi connectivity index (χ1v) is 7.02. The van der Waals surface area contributed by atoms with Crippen molar-refractivity contribution in [3.8, 4) is 0 Å². The van der Waals surface area contributed by atoms with Crippen LogP contribution in [0.2, 0.25) is 5.02 Å². The van der Waals surface area contributed by atoms with E-state index in [1.54, 1.807) is 0 Å². The topological polar surface area (TPSA) is 29.5 Å². The molecule has 0 fully saturated rings. The van der Waals surface area contributed by atoms with Crippen molar-refractivity contribution < 1.29 is 9.53 Å². The van der Waals surface area contributed by atoms with Crippen LogP contribution in [0.1, 0.15) is 33.3 Å². The van der Waals surface area contributed by atoms with Crippen LogP contribution >= 0.6 is 11.6 Å². The van der Waals surface area contributed by atoms with Crippen LogP contribution in [0, 0.1) is 0 Å². The Balaban J connectivity index is 2.59. The van der Waals surface area contributed by atoms with Gasteiger partial charge < -0.3 is 9.64 Å². The van der Waals surface area contributed by atoms with E-state index in [0.29, 0.717) is 5.02 Å². The van der Waals surface area contributed by atoms with E-state index in [0.717, 1.165) is 11.3 Å². The minimum absolute atomic E-state index is 0.244. The van der Waals surface area contributed by atoms with Gasteiger partial charge in [0, 0.05) is 16.3 Å². The predicted molar refractivity (Wildman–Crippen MR) is 83.1 cm³/mol. The van der Waals surface area contributed by atoms with E-state index < -0.39 is 0 Å². The van der Waals surface area contributed by atoms with E-state index in [9.17, 15) is 4.79 Å². The number of benzene rings is 1. The molecule has 0 amide bonds. The third-order valence-electron chi connectivity index (χ3n) is 3.76. The summed E-state index contributed by atoms with van der Waals surface area (Å²) in [7, 11) is 1.42. The van der Waals surface area contributed by atoms with Gasteiger partial charge in [0.05, 0.1) is 12.6 Å². The van der Waals surface area contributed by atoms with Gasteiger partial charge in [-0.1, -0.05) is 17.7 Å². The van der Waals surface area contributed by atoms with Crippen molar-refractivity contribution in [1.82, 2.24) is 0 Å². The molecule has 0 saturated heterocycles. The molecule has 0 aromatic heterocycles. The van der Waals surface area contributed by atoms with Gasteiger partial charge in [0.15, 0.2) is 0 Å². The van der Waals surface area contributed by atoms with Crippen LogP contribution < -0.4 is 4.90 Å². The molecule has 1 aromatic carbocycles. The number of methoxy groups -OCH3 is 1. The quantitative estimate of drug-likeness (QED) is 0.775. The molecule has 0 aliphatic carbocycles. The van der Waals surface area contributed by atoms with Crippen molar-refractivity contribution in [1.29, 1.82) is 0 Å². The third kappa shape index (κ3) is 2.42. The van der Waals surface area contributed by atoms with Crippen LogP contribution in [0.25, 0.3) is 5.57 Å².